The van der Waals surface area contributed by atoms with E-state index in [1.165, 1.54) is 0 Å². The summed E-state index contributed by atoms with van der Waals surface area (Å²) in [5, 5.41) is 3.81. The maximum absolute atomic E-state index is 13.8. The van der Waals surface area contributed by atoms with E-state index in [1.807, 2.05) is 61.5 Å². The number of methoxy groups -OCH3 is 1. The normalized spacial score (nSPS) is 11.5. The van der Waals surface area contributed by atoms with Gasteiger partial charge in [-0.05, 0) is 47.4 Å². The van der Waals surface area contributed by atoms with Gasteiger partial charge in [-0.3, -0.25) is 9.59 Å². The van der Waals surface area contributed by atoms with E-state index in [0.717, 1.165) is 17.5 Å². The van der Waals surface area contributed by atoms with Crippen molar-refractivity contribution in [3.8, 4) is 5.75 Å². The summed E-state index contributed by atoms with van der Waals surface area (Å²) in [6.07, 6.45) is 1.15. The molecule has 0 aliphatic carbocycles. The van der Waals surface area contributed by atoms with E-state index in [4.69, 9.17) is 27.9 Å². The van der Waals surface area contributed by atoms with Gasteiger partial charge in [0.15, 0.2) is 0 Å². The molecule has 3 aromatic carbocycles. The van der Waals surface area contributed by atoms with Crippen LogP contribution in [0.25, 0.3) is 0 Å². The van der Waals surface area contributed by atoms with E-state index < -0.39 is 6.04 Å². The van der Waals surface area contributed by atoms with Crippen molar-refractivity contribution in [1.29, 1.82) is 0 Å². The van der Waals surface area contributed by atoms with Crippen LogP contribution in [0.5, 0.6) is 5.75 Å². The first-order valence-electron chi connectivity index (χ1n) is 11.6. The van der Waals surface area contributed by atoms with Gasteiger partial charge >= 0.3 is 0 Å². The zero-order chi connectivity index (χ0) is 25.2. The number of carbonyl (C=O) groups excluding carboxylic acids is 2. The molecule has 0 bridgehead atoms. The molecular weight excluding hydrogens is 483 g/mol. The third-order valence-electron chi connectivity index (χ3n) is 5.70. The third-order valence-corrected chi connectivity index (χ3v) is 6.41. The molecule has 184 valence electrons. The van der Waals surface area contributed by atoms with Crippen molar-refractivity contribution in [3.63, 3.8) is 0 Å². The second kappa shape index (κ2) is 13.2. The summed E-state index contributed by atoms with van der Waals surface area (Å²) >= 11 is 12.7. The summed E-state index contributed by atoms with van der Waals surface area (Å²) in [6.45, 7) is 2.75. The Morgan fingerprint density at radius 1 is 0.943 bits per heavy atom. The van der Waals surface area contributed by atoms with Crippen LogP contribution in [0.1, 0.15) is 30.0 Å². The van der Waals surface area contributed by atoms with Crippen LogP contribution in [0.3, 0.4) is 0 Å². The first kappa shape index (κ1) is 26.6. The second-order valence-electron chi connectivity index (χ2n) is 8.25. The first-order chi connectivity index (χ1) is 16.9. The predicted octanol–water partition coefficient (Wildman–Crippen LogP) is 5.71. The van der Waals surface area contributed by atoms with E-state index in [-0.39, 0.29) is 24.8 Å². The molecule has 0 spiro atoms. The second-order valence-corrected chi connectivity index (χ2v) is 9.06. The van der Waals surface area contributed by atoms with Gasteiger partial charge in [-0.1, -0.05) is 78.7 Å². The molecule has 5 nitrogen and oxygen atoms in total. The number of amides is 2. The molecule has 1 atom stereocenters. The summed E-state index contributed by atoms with van der Waals surface area (Å²) in [5.41, 5.74) is 2.36. The smallest absolute Gasteiger partial charge is 0.243 e. The van der Waals surface area contributed by atoms with Crippen molar-refractivity contribution in [2.45, 2.75) is 38.8 Å². The minimum absolute atomic E-state index is 0.0190. The highest BCUT2D eigenvalue weighted by molar-refractivity contribution is 6.36. The number of halogens is 2. The van der Waals surface area contributed by atoms with Crippen molar-refractivity contribution in [1.82, 2.24) is 10.2 Å². The fourth-order valence-electron chi connectivity index (χ4n) is 3.84. The zero-order valence-corrected chi connectivity index (χ0v) is 21.5. The number of rotatable bonds is 11. The minimum Gasteiger partial charge on any atom is -0.497 e. The Balaban J connectivity index is 2.00. The molecule has 0 saturated heterocycles. The molecule has 0 radical (unpaired) electrons. The van der Waals surface area contributed by atoms with Gasteiger partial charge in [0.25, 0.3) is 0 Å². The van der Waals surface area contributed by atoms with Gasteiger partial charge in [-0.15, -0.1) is 0 Å². The number of nitrogens with one attached hydrogen (secondary N) is 1. The molecule has 35 heavy (non-hydrogen) atoms. The summed E-state index contributed by atoms with van der Waals surface area (Å²) in [7, 11) is 1.60. The molecule has 3 aromatic rings. The molecule has 7 heteroatoms. The van der Waals surface area contributed by atoms with Crippen LogP contribution >= 0.6 is 23.2 Å². The van der Waals surface area contributed by atoms with Gasteiger partial charge in [0, 0.05) is 29.6 Å². The monoisotopic (exact) mass is 512 g/mol. The Labute approximate surface area is 217 Å². The molecule has 0 aliphatic rings. The van der Waals surface area contributed by atoms with Gasteiger partial charge < -0.3 is 15.0 Å². The topological polar surface area (TPSA) is 58.6 Å². The maximum Gasteiger partial charge on any atom is 0.243 e. The van der Waals surface area contributed by atoms with Gasteiger partial charge in [0.05, 0.1) is 13.5 Å². The van der Waals surface area contributed by atoms with Crippen molar-refractivity contribution in [2.24, 2.45) is 0 Å². The van der Waals surface area contributed by atoms with Crippen LogP contribution in [0.4, 0.5) is 0 Å². The van der Waals surface area contributed by atoms with Crippen LogP contribution in [0, 0.1) is 0 Å². The number of benzene rings is 3. The predicted molar refractivity (Wildman–Crippen MR) is 141 cm³/mol. The van der Waals surface area contributed by atoms with Crippen LogP contribution in [-0.2, 0) is 29.0 Å². The highest BCUT2D eigenvalue weighted by Crippen LogP contribution is 2.26. The average Bonchev–Trinajstić information content (AvgIpc) is 2.87. The first-order valence-corrected chi connectivity index (χ1v) is 12.4. The lowest BCUT2D eigenvalue weighted by Crippen LogP contribution is -2.51. The summed E-state index contributed by atoms with van der Waals surface area (Å²) in [5.74, 6) is 0.242. The number of nitrogens with zero attached hydrogens (tertiary/aromatic N) is 1. The van der Waals surface area contributed by atoms with Crippen molar-refractivity contribution in [3.05, 3.63) is 99.5 Å². The van der Waals surface area contributed by atoms with Crippen LogP contribution in [0.2, 0.25) is 10.0 Å². The Bertz CT molecular complexity index is 1120. The van der Waals surface area contributed by atoms with E-state index >= 15 is 0 Å². The van der Waals surface area contributed by atoms with Gasteiger partial charge in [-0.25, -0.2) is 0 Å². The fourth-order valence-corrected chi connectivity index (χ4v) is 4.37. The lowest BCUT2D eigenvalue weighted by atomic mass is 10.0. The molecule has 3 rings (SSSR count). The fraction of sp³-hybridized carbons (Fsp3) is 0.286. The van der Waals surface area contributed by atoms with Gasteiger partial charge in [-0.2, -0.15) is 0 Å². The van der Waals surface area contributed by atoms with E-state index in [0.29, 0.717) is 34.3 Å². The molecule has 1 N–H and O–H groups in total. The Kier molecular flexibility index (Phi) is 10.0. The van der Waals surface area contributed by atoms with E-state index in [1.54, 1.807) is 30.2 Å². The van der Waals surface area contributed by atoms with Crippen molar-refractivity contribution < 1.29 is 14.3 Å². The largest absolute Gasteiger partial charge is 0.497 e. The van der Waals surface area contributed by atoms with Crippen molar-refractivity contribution in [2.75, 3.05) is 13.7 Å². The highest BCUT2D eigenvalue weighted by atomic mass is 35.5. The van der Waals surface area contributed by atoms with E-state index in [9.17, 15) is 9.59 Å². The summed E-state index contributed by atoms with van der Waals surface area (Å²) < 4.78 is 5.36. The molecular formula is C28H30Cl2N2O3. The standard InChI is InChI=1S/C28H30Cl2N2O3/c1-3-15-31-28(34)26(17-20-9-5-4-6-10-20)32(19-21-11-7-12-22(16-21)35-2)27(33)18-23-24(29)13-8-14-25(23)30/h4-14,16,26H,3,15,17-19H2,1-2H3,(H,31,34)/t26-/m0/s1. The molecule has 0 aromatic heterocycles. The lowest BCUT2D eigenvalue weighted by Gasteiger charge is -2.32. The summed E-state index contributed by atoms with van der Waals surface area (Å²) in [6, 6.07) is 21.6. The highest BCUT2D eigenvalue weighted by Gasteiger charge is 2.31. The molecule has 0 fully saturated rings. The van der Waals surface area contributed by atoms with Crippen molar-refractivity contribution >= 4 is 35.0 Å². The third kappa shape index (κ3) is 7.48. The Hall–Kier alpha value is -3.02. The van der Waals surface area contributed by atoms with E-state index in [2.05, 4.69) is 5.32 Å². The molecule has 0 aliphatic heterocycles. The molecule has 0 heterocycles. The molecule has 0 unspecified atom stereocenters. The Morgan fingerprint density at radius 3 is 2.26 bits per heavy atom. The van der Waals surface area contributed by atoms with Crippen LogP contribution in [-0.4, -0.2) is 36.4 Å². The Morgan fingerprint density at radius 2 is 1.60 bits per heavy atom. The SMILES string of the molecule is CCCNC(=O)[C@H](Cc1ccccc1)N(Cc1cccc(OC)c1)C(=O)Cc1c(Cl)cccc1Cl. The average molecular weight is 513 g/mol. The number of carbonyl (C=O) groups is 2. The number of hydrogen-bond donors (Lipinski definition) is 1. The van der Waals surface area contributed by atoms with Crippen LogP contribution in [0.15, 0.2) is 72.8 Å². The number of hydrogen-bond acceptors (Lipinski definition) is 3. The molecule has 2 amide bonds. The lowest BCUT2D eigenvalue weighted by molar-refractivity contribution is -0.140. The van der Waals surface area contributed by atoms with Gasteiger partial charge in [0.1, 0.15) is 11.8 Å². The summed E-state index contributed by atoms with van der Waals surface area (Å²) in [4.78, 5) is 28.8. The zero-order valence-electron chi connectivity index (χ0n) is 20.0. The number of ether oxygens (including phenoxy) is 1. The van der Waals surface area contributed by atoms with Gasteiger partial charge in [0.2, 0.25) is 11.8 Å². The minimum atomic E-state index is -0.719. The maximum atomic E-state index is 13.8. The molecule has 0 saturated carbocycles. The quantitative estimate of drug-likeness (QED) is 0.357. The van der Waals surface area contributed by atoms with Crippen LogP contribution < -0.4 is 10.1 Å².